The van der Waals surface area contributed by atoms with Crippen LogP contribution in [0, 0.1) is 0 Å². The van der Waals surface area contributed by atoms with Gasteiger partial charge in [-0.05, 0) is 24.3 Å². The van der Waals surface area contributed by atoms with Gasteiger partial charge in [-0.1, -0.05) is 42.1 Å². The molecule has 3 rings (SSSR count). The highest BCUT2D eigenvalue weighted by molar-refractivity contribution is 8.15. The molecule has 2 aromatic rings. The van der Waals surface area contributed by atoms with Crippen molar-refractivity contribution in [2.75, 3.05) is 24.4 Å². The number of ether oxygens (including phenoxy) is 1. The van der Waals surface area contributed by atoms with Gasteiger partial charge in [0.1, 0.15) is 11.0 Å². The fourth-order valence-corrected chi connectivity index (χ4v) is 3.66. The highest BCUT2D eigenvalue weighted by atomic mass is 32.2. The molecule has 2 aromatic carbocycles. The zero-order valence-electron chi connectivity index (χ0n) is 14.5. The molecule has 0 saturated carbocycles. The fourth-order valence-electron chi connectivity index (χ4n) is 2.68. The maximum Gasteiger partial charge on any atom is 0.247 e. The molecule has 0 bridgehead atoms. The molecule has 1 fully saturated rings. The standard InChI is InChI=1S/C19H19N3O3S/c1-20-19(21-14-10-6-7-11-15(14)25-2)26-16-12-17(23)22(18(16)24)13-8-4-3-5-9-13/h3-11,16H,12H2,1-2H3,(H,20,21). The number of nitrogens with zero attached hydrogens (tertiary/aromatic N) is 2. The molecule has 1 unspecified atom stereocenters. The number of hydrogen-bond acceptors (Lipinski definition) is 5. The van der Waals surface area contributed by atoms with E-state index in [2.05, 4.69) is 10.3 Å². The molecule has 1 saturated heterocycles. The highest BCUT2D eigenvalue weighted by Crippen LogP contribution is 2.31. The lowest BCUT2D eigenvalue weighted by Gasteiger charge is -2.16. The van der Waals surface area contributed by atoms with Crippen molar-refractivity contribution < 1.29 is 14.3 Å². The Balaban J connectivity index is 1.73. The number of amidine groups is 1. The largest absolute Gasteiger partial charge is 0.495 e. The molecule has 2 amide bonds. The number of benzene rings is 2. The lowest BCUT2D eigenvalue weighted by Crippen LogP contribution is -2.31. The van der Waals surface area contributed by atoms with Crippen molar-refractivity contribution in [2.45, 2.75) is 11.7 Å². The van der Waals surface area contributed by atoms with Gasteiger partial charge in [-0.3, -0.25) is 14.6 Å². The van der Waals surface area contributed by atoms with Crippen molar-refractivity contribution >= 4 is 40.1 Å². The Morgan fingerprint density at radius 2 is 1.85 bits per heavy atom. The first-order chi connectivity index (χ1) is 12.6. The number of anilines is 2. The predicted octanol–water partition coefficient (Wildman–Crippen LogP) is 3.16. The van der Waals surface area contributed by atoms with E-state index in [-0.39, 0.29) is 18.2 Å². The van der Waals surface area contributed by atoms with Gasteiger partial charge in [-0.2, -0.15) is 0 Å². The molecule has 1 atom stereocenters. The van der Waals surface area contributed by atoms with E-state index in [1.165, 1.54) is 16.7 Å². The van der Waals surface area contributed by atoms with E-state index in [1.54, 1.807) is 38.4 Å². The maximum absolute atomic E-state index is 12.7. The lowest BCUT2D eigenvalue weighted by molar-refractivity contribution is -0.121. The fraction of sp³-hybridized carbons (Fsp3) is 0.211. The molecular weight excluding hydrogens is 350 g/mol. The molecule has 134 valence electrons. The summed E-state index contributed by atoms with van der Waals surface area (Å²) in [6.07, 6.45) is 0.144. The molecule has 0 aromatic heterocycles. The molecule has 7 heteroatoms. The van der Waals surface area contributed by atoms with Crippen LogP contribution in [0.2, 0.25) is 0 Å². The van der Waals surface area contributed by atoms with Gasteiger partial charge in [-0.25, -0.2) is 4.90 Å². The number of amides is 2. The Morgan fingerprint density at radius 1 is 1.15 bits per heavy atom. The number of thioether (sulfide) groups is 1. The van der Waals surface area contributed by atoms with E-state index < -0.39 is 5.25 Å². The summed E-state index contributed by atoms with van der Waals surface area (Å²) in [4.78, 5) is 30.5. The molecule has 0 aliphatic carbocycles. The van der Waals surface area contributed by atoms with Crippen molar-refractivity contribution in [1.82, 2.24) is 0 Å². The van der Waals surface area contributed by atoms with Gasteiger partial charge in [0.05, 0.1) is 18.5 Å². The minimum Gasteiger partial charge on any atom is -0.495 e. The average molecular weight is 369 g/mol. The maximum atomic E-state index is 12.7. The summed E-state index contributed by atoms with van der Waals surface area (Å²) in [5.41, 5.74) is 1.35. The minimum atomic E-state index is -0.511. The number of para-hydroxylation sites is 3. The van der Waals surface area contributed by atoms with E-state index in [0.29, 0.717) is 16.6 Å². The van der Waals surface area contributed by atoms with Crippen molar-refractivity contribution in [3.8, 4) is 5.75 Å². The zero-order chi connectivity index (χ0) is 18.5. The number of hydrogen-bond donors (Lipinski definition) is 1. The summed E-state index contributed by atoms with van der Waals surface area (Å²) >= 11 is 1.25. The second kappa shape index (κ2) is 8.05. The van der Waals surface area contributed by atoms with Crippen LogP contribution in [0.1, 0.15) is 6.42 Å². The summed E-state index contributed by atoms with van der Waals surface area (Å²) in [6, 6.07) is 16.4. The van der Waals surface area contributed by atoms with E-state index in [1.807, 2.05) is 30.3 Å². The smallest absolute Gasteiger partial charge is 0.247 e. The van der Waals surface area contributed by atoms with E-state index >= 15 is 0 Å². The molecule has 1 N–H and O–H groups in total. The second-order valence-electron chi connectivity index (χ2n) is 5.57. The molecule has 0 radical (unpaired) electrons. The zero-order valence-corrected chi connectivity index (χ0v) is 15.3. The number of carbonyl (C=O) groups is 2. The topological polar surface area (TPSA) is 71.0 Å². The lowest BCUT2D eigenvalue weighted by atomic mass is 10.3. The van der Waals surface area contributed by atoms with Gasteiger partial charge in [0.2, 0.25) is 11.8 Å². The molecule has 1 aliphatic rings. The van der Waals surface area contributed by atoms with Crippen LogP contribution in [-0.2, 0) is 9.59 Å². The van der Waals surface area contributed by atoms with Crippen molar-refractivity contribution in [1.29, 1.82) is 0 Å². The Hall–Kier alpha value is -2.80. The van der Waals surface area contributed by atoms with Crippen LogP contribution in [-0.4, -0.2) is 36.4 Å². The molecule has 1 aliphatic heterocycles. The summed E-state index contributed by atoms with van der Waals surface area (Å²) in [6.45, 7) is 0. The van der Waals surface area contributed by atoms with Gasteiger partial charge in [0, 0.05) is 13.5 Å². The van der Waals surface area contributed by atoms with Crippen molar-refractivity contribution in [3.63, 3.8) is 0 Å². The molecule has 6 nitrogen and oxygen atoms in total. The predicted molar refractivity (Wildman–Crippen MR) is 105 cm³/mol. The van der Waals surface area contributed by atoms with E-state index in [9.17, 15) is 9.59 Å². The van der Waals surface area contributed by atoms with Gasteiger partial charge in [0.15, 0.2) is 5.17 Å². The third kappa shape index (κ3) is 3.72. The number of carbonyl (C=O) groups excluding carboxylic acids is 2. The number of methoxy groups -OCH3 is 1. The summed E-state index contributed by atoms with van der Waals surface area (Å²) in [7, 11) is 3.23. The molecular formula is C19H19N3O3S. The second-order valence-corrected chi connectivity index (χ2v) is 6.76. The Bertz CT molecular complexity index is 839. The quantitative estimate of drug-likeness (QED) is 0.509. The first-order valence-electron chi connectivity index (χ1n) is 8.09. The van der Waals surface area contributed by atoms with Gasteiger partial charge < -0.3 is 10.1 Å². The van der Waals surface area contributed by atoms with Gasteiger partial charge in [-0.15, -0.1) is 0 Å². The van der Waals surface area contributed by atoms with E-state index in [0.717, 1.165) is 5.69 Å². The molecule has 1 heterocycles. The number of nitrogens with one attached hydrogen (secondary N) is 1. The van der Waals surface area contributed by atoms with Crippen LogP contribution in [0.3, 0.4) is 0 Å². The third-order valence-electron chi connectivity index (χ3n) is 3.93. The Morgan fingerprint density at radius 3 is 2.54 bits per heavy atom. The Kier molecular flexibility index (Phi) is 5.58. The summed E-state index contributed by atoms with van der Waals surface area (Å²) in [5.74, 6) is 0.245. The normalized spacial score (nSPS) is 17.5. The number of aliphatic imine (C=N–C) groups is 1. The van der Waals surface area contributed by atoms with Gasteiger partial charge >= 0.3 is 0 Å². The van der Waals surface area contributed by atoms with Crippen LogP contribution >= 0.6 is 11.8 Å². The van der Waals surface area contributed by atoms with Crippen molar-refractivity contribution in [2.24, 2.45) is 4.99 Å². The van der Waals surface area contributed by atoms with Crippen LogP contribution in [0.15, 0.2) is 59.6 Å². The van der Waals surface area contributed by atoms with E-state index in [4.69, 9.17) is 4.74 Å². The van der Waals surface area contributed by atoms with Gasteiger partial charge in [0.25, 0.3) is 0 Å². The number of rotatable bonds is 4. The molecule has 0 spiro atoms. The minimum absolute atomic E-state index is 0.144. The monoisotopic (exact) mass is 369 g/mol. The van der Waals surface area contributed by atoms with Crippen LogP contribution in [0.5, 0.6) is 5.75 Å². The highest BCUT2D eigenvalue weighted by Gasteiger charge is 2.40. The average Bonchev–Trinajstić information content (AvgIpc) is 2.95. The number of imide groups is 1. The van der Waals surface area contributed by atoms with Crippen molar-refractivity contribution in [3.05, 3.63) is 54.6 Å². The SMILES string of the molecule is CN=C(Nc1ccccc1OC)SC1CC(=O)N(c2ccccc2)C1=O. The van der Waals surface area contributed by atoms with Crippen LogP contribution in [0.4, 0.5) is 11.4 Å². The molecule has 26 heavy (non-hydrogen) atoms. The first-order valence-corrected chi connectivity index (χ1v) is 8.97. The van der Waals surface area contributed by atoms with Crippen LogP contribution in [0.25, 0.3) is 0 Å². The Labute approximate surface area is 156 Å². The third-order valence-corrected chi connectivity index (χ3v) is 5.09. The van der Waals surface area contributed by atoms with Crippen LogP contribution < -0.4 is 15.0 Å². The summed E-state index contributed by atoms with van der Waals surface area (Å²) < 4.78 is 5.32. The first kappa shape index (κ1) is 18.0. The summed E-state index contributed by atoms with van der Waals surface area (Å²) in [5, 5.41) is 3.21.